The Morgan fingerprint density at radius 3 is 2.57 bits per heavy atom. The zero-order chi connectivity index (χ0) is 24.5. The molecule has 0 aliphatic carbocycles. The number of nitrogens with one attached hydrogen (secondary N) is 1. The lowest BCUT2D eigenvalue weighted by Gasteiger charge is -2.09. The quantitative estimate of drug-likeness (QED) is 0.288. The van der Waals surface area contributed by atoms with Gasteiger partial charge in [0.1, 0.15) is 17.0 Å². The van der Waals surface area contributed by atoms with Crippen LogP contribution in [0.2, 0.25) is 5.02 Å². The van der Waals surface area contributed by atoms with Crippen LogP contribution >= 0.6 is 11.6 Å². The van der Waals surface area contributed by atoms with Gasteiger partial charge in [0.15, 0.2) is 0 Å². The van der Waals surface area contributed by atoms with Gasteiger partial charge in [-0.2, -0.15) is 0 Å². The van der Waals surface area contributed by atoms with Crippen molar-refractivity contribution in [2.24, 2.45) is 0 Å². The van der Waals surface area contributed by atoms with Gasteiger partial charge in [-0.1, -0.05) is 41.9 Å². The monoisotopic (exact) mass is 489 g/mol. The van der Waals surface area contributed by atoms with Gasteiger partial charge in [-0.25, -0.2) is 9.18 Å². The second-order valence-corrected chi connectivity index (χ2v) is 8.80. The molecule has 3 aromatic carbocycles. The second-order valence-electron chi connectivity index (χ2n) is 8.36. The molecule has 0 aliphatic heterocycles. The molecule has 0 saturated carbocycles. The van der Waals surface area contributed by atoms with E-state index < -0.39 is 5.63 Å². The molecule has 176 valence electrons. The van der Waals surface area contributed by atoms with Gasteiger partial charge in [-0.3, -0.25) is 4.79 Å². The van der Waals surface area contributed by atoms with Crippen LogP contribution in [0.15, 0.2) is 80.6 Å². The zero-order valence-corrected chi connectivity index (χ0v) is 19.6. The van der Waals surface area contributed by atoms with Crippen LogP contribution in [0.3, 0.4) is 0 Å². The van der Waals surface area contributed by atoms with E-state index in [1.807, 2.05) is 30.3 Å². The van der Waals surface area contributed by atoms with Crippen LogP contribution in [0.5, 0.6) is 0 Å². The number of amides is 1. The fourth-order valence-electron chi connectivity index (χ4n) is 4.23. The topological polar surface area (TPSA) is 72.5 Å². The van der Waals surface area contributed by atoms with Crippen LogP contribution in [0.25, 0.3) is 33.1 Å². The summed E-state index contributed by atoms with van der Waals surface area (Å²) in [5, 5.41) is 4.98. The second kappa shape index (κ2) is 9.39. The lowest BCUT2D eigenvalue weighted by molar-refractivity contribution is -0.120. The number of hydrogen-bond acceptors (Lipinski definition) is 4. The molecule has 0 fully saturated rings. The molecular weight excluding hydrogens is 469 g/mol. The highest BCUT2D eigenvalue weighted by Crippen LogP contribution is 2.35. The maximum atomic E-state index is 13.8. The number of carbonyl (C=O) groups is 1. The van der Waals surface area contributed by atoms with Gasteiger partial charge in [0.05, 0.1) is 18.2 Å². The number of carbonyl (C=O) groups excluding carboxylic acids is 1. The highest BCUT2D eigenvalue weighted by atomic mass is 35.5. The van der Waals surface area contributed by atoms with Crippen molar-refractivity contribution < 1.29 is 18.0 Å². The Bertz CT molecular complexity index is 1620. The molecule has 0 unspecified atom stereocenters. The molecule has 35 heavy (non-hydrogen) atoms. The normalized spacial score (nSPS) is 11.3. The molecule has 0 atom stereocenters. The van der Waals surface area contributed by atoms with Crippen LogP contribution in [-0.4, -0.2) is 12.5 Å². The summed E-state index contributed by atoms with van der Waals surface area (Å²) in [5.74, 6) is -0.640. The minimum atomic E-state index is -0.567. The molecule has 0 aliphatic rings. The van der Waals surface area contributed by atoms with Crippen molar-refractivity contribution in [2.45, 2.75) is 19.8 Å². The van der Waals surface area contributed by atoms with Gasteiger partial charge in [-0.05, 0) is 54.3 Å². The van der Waals surface area contributed by atoms with Crippen LogP contribution in [0.1, 0.15) is 16.7 Å². The minimum absolute atomic E-state index is 0.130. The van der Waals surface area contributed by atoms with Gasteiger partial charge < -0.3 is 14.2 Å². The van der Waals surface area contributed by atoms with Crippen molar-refractivity contribution in [3.63, 3.8) is 0 Å². The van der Waals surface area contributed by atoms with Crippen molar-refractivity contribution in [2.75, 3.05) is 6.54 Å². The van der Waals surface area contributed by atoms with Crippen molar-refractivity contribution in [3.05, 3.63) is 105 Å². The average Bonchev–Trinajstić information content (AvgIpc) is 3.25. The summed E-state index contributed by atoms with van der Waals surface area (Å²) in [6.07, 6.45) is 1.88. The Morgan fingerprint density at radius 2 is 1.80 bits per heavy atom. The summed E-state index contributed by atoms with van der Waals surface area (Å²) in [6.45, 7) is 2.06. The molecule has 5 aromatic rings. The molecule has 5 nitrogen and oxygen atoms in total. The standard InChI is InChI=1S/C28H21ClFNO4/c1-16-20-12-22-23(17-6-8-19(29)9-7-17)15-34-25(22)14-26(20)35-28(33)21(16)13-27(32)31-11-10-18-4-2-3-5-24(18)30/h2-9,12,14-15H,10-11,13H2,1H3,(H,31,32). The van der Waals surface area contributed by atoms with E-state index in [1.54, 1.807) is 37.5 Å². The Labute approximate surface area is 205 Å². The smallest absolute Gasteiger partial charge is 0.340 e. The van der Waals surface area contributed by atoms with Crippen molar-refractivity contribution in [1.82, 2.24) is 5.32 Å². The highest BCUT2D eigenvalue weighted by molar-refractivity contribution is 6.30. The lowest BCUT2D eigenvalue weighted by Crippen LogP contribution is -2.29. The number of halogens is 2. The van der Waals surface area contributed by atoms with Crippen molar-refractivity contribution >= 4 is 39.4 Å². The van der Waals surface area contributed by atoms with Crippen LogP contribution in [-0.2, 0) is 17.6 Å². The van der Waals surface area contributed by atoms with Crippen LogP contribution in [0.4, 0.5) is 4.39 Å². The molecule has 2 heterocycles. The largest absolute Gasteiger partial charge is 0.464 e. The van der Waals surface area contributed by atoms with Crippen molar-refractivity contribution in [1.29, 1.82) is 0 Å². The maximum absolute atomic E-state index is 13.8. The van der Waals surface area contributed by atoms with Crippen LogP contribution < -0.4 is 10.9 Å². The third kappa shape index (κ3) is 4.57. The Balaban J connectivity index is 1.42. The third-order valence-electron chi connectivity index (χ3n) is 6.15. The van der Waals surface area contributed by atoms with E-state index in [4.69, 9.17) is 20.4 Å². The number of aryl methyl sites for hydroxylation is 1. The number of rotatable bonds is 6. The molecule has 0 radical (unpaired) electrons. The third-order valence-corrected chi connectivity index (χ3v) is 6.40. The minimum Gasteiger partial charge on any atom is -0.464 e. The Morgan fingerprint density at radius 1 is 1.03 bits per heavy atom. The molecule has 0 bridgehead atoms. The molecule has 0 saturated heterocycles. The number of benzene rings is 3. The van der Waals surface area contributed by atoms with Gasteiger partial charge in [0.2, 0.25) is 5.91 Å². The Kier molecular flexibility index (Phi) is 6.14. The van der Waals surface area contributed by atoms with E-state index in [-0.39, 0.29) is 30.3 Å². The molecular formula is C28H21ClFNO4. The summed E-state index contributed by atoms with van der Waals surface area (Å²) < 4.78 is 25.0. The zero-order valence-electron chi connectivity index (χ0n) is 18.9. The summed E-state index contributed by atoms with van der Waals surface area (Å²) in [7, 11) is 0. The lowest BCUT2D eigenvalue weighted by atomic mass is 9.99. The van der Waals surface area contributed by atoms with Gasteiger partial charge >= 0.3 is 5.63 Å². The first kappa shape index (κ1) is 22.9. The predicted molar refractivity (Wildman–Crippen MR) is 134 cm³/mol. The van der Waals surface area contributed by atoms with E-state index in [1.165, 1.54) is 6.07 Å². The van der Waals surface area contributed by atoms with E-state index in [0.717, 1.165) is 21.9 Å². The molecule has 2 aromatic heterocycles. The SMILES string of the molecule is Cc1c(CC(=O)NCCc2ccccc2F)c(=O)oc2cc3occ(-c4ccc(Cl)cc4)c3cc12. The summed E-state index contributed by atoms with van der Waals surface area (Å²) in [6, 6.07) is 17.5. The first-order valence-electron chi connectivity index (χ1n) is 11.1. The Hall–Kier alpha value is -3.90. The van der Waals surface area contributed by atoms with Crippen molar-refractivity contribution in [3.8, 4) is 11.1 Å². The molecule has 1 N–H and O–H groups in total. The molecule has 0 spiro atoms. The maximum Gasteiger partial charge on any atom is 0.340 e. The summed E-state index contributed by atoms with van der Waals surface area (Å²) in [5.41, 5.74) is 3.72. The van der Waals surface area contributed by atoms with E-state index in [9.17, 15) is 14.0 Å². The van der Waals surface area contributed by atoms with E-state index in [2.05, 4.69) is 5.32 Å². The van der Waals surface area contributed by atoms with Gasteiger partial charge in [0.25, 0.3) is 0 Å². The van der Waals surface area contributed by atoms with Crippen LogP contribution in [0, 0.1) is 12.7 Å². The molecule has 7 heteroatoms. The average molecular weight is 490 g/mol. The van der Waals surface area contributed by atoms with Gasteiger partial charge in [-0.15, -0.1) is 0 Å². The first-order chi connectivity index (χ1) is 16.9. The highest BCUT2D eigenvalue weighted by Gasteiger charge is 2.18. The van der Waals surface area contributed by atoms with E-state index >= 15 is 0 Å². The fraction of sp³-hybridized carbons (Fsp3) is 0.143. The van der Waals surface area contributed by atoms with E-state index in [0.29, 0.717) is 33.7 Å². The summed E-state index contributed by atoms with van der Waals surface area (Å²) in [4.78, 5) is 25.2. The number of furan rings is 1. The molecule has 1 amide bonds. The molecule has 5 rings (SSSR count). The predicted octanol–water partition coefficient (Wildman–Crippen LogP) is 6.21. The number of fused-ring (bicyclic) bond motifs is 2. The first-order valence-corrected chi connectivity index (χ1v) is 11.5. The fourth-order valence-corrected chi connectivity index (χ4v) is 4.35. The number of hydrogen-bond donors (Lipinski definition) is 1. The van der Waals surface area contributed by atoms with Gasteiger partial charge in [0, 0.05) is 34.0 Å². The summed E-state index contributed by atoms with van der Waals surface area (Å²) >= 11 is 6.02.